The predicted molar refractivity (Wildman–Crippen MR) is 118 cm³/mol. The second-order valence-electron chi connectivity index (χ2n) is 9.65. The van der Waals surface area contributed by atoms with Gasteiger partial charge in [0.25, 0.3) is 16.8 Å². The molecule has 3 aromatic rings. The van der Waals surface area contributed by atoms with Crippen LogP contribution < -0.4 is 11.5 Å². The lowest BCUT2D eigenvalue weighted by molar-refractivity contribution is -0.378. The lowest BCUT2D eigenvalue weighted by Crippen LogP contribution is -2.56. The molecule has 3 aromatic carbocycles. The van der Waals surface area contributed by atoms with Crippen molar-refractivity contribution in [2.75, 3.05) is 11.5 Å². The Morgan fingerprint density at radius 1 is 0.413 bits per heavy atom. The van der Waals surface area contributed by atoms with Crippen LogP contribution in [0.15, 0.2) is 30.3 Å². The van der Waals surface area contributed by atoms with E-state index in [2.05, 4.69) is 0 Å². The van der Waals surface area contributed by atoms with Crippen LogP contribution in [-0.4, -0.2) is 52.4 Å². The molecule has 0 saturated heterocycles. The molecule has 3 rings (SSSR count). The van der Waals surface area contributed by atoms with Crippen LogP contribution in [0.25, 0.3) is 21.5 Å². The fraction of sp³-hybridized carbons (Fsp3) is 0.391. The largest absolute Gasteiger partial charge is 0.430 e. The standard InChI is InChI=1S/C23H12F18N2O3/c24-18(25,26)15(44,19(27,28)29)10-5-11(16(45,20(30,31)32)21(33,34)35)14(43)9-3-6-1-2-12(42)13(7(6)4-8(9)10)17(46,22(36,37)38)23(39,40)41/h1-5,44-46H,42-43H2. The van der Waals surface area contributed by atoms with Gasteiger partial charge in [-0.15, -0.1) is 0 Å². The van der Waals surface area contributed by atoms with Gasteiger partial charge >= 0.3 is 37.1 Å². The van der Waals surface area contributed by atoms with E-state index >= 15 is 0 Å². The normalized spacial score (nSPS) is 15.2. The fourth-order valence-electron chi connectivity index (χ4n) is 4.66. The number of nitrogens with two attached hydrogens (primary N) is 2. The van der Waals surface area contributed by atoms with Crippen molar-refractivity contribution in [1.29, 1.82) is 0 Å². The average Bonchev–Trinajstić information content (AvgIpc) is 2.82. The third kappa shape index (κ3) is 4.88. The number of anilines is 2. The van der Waals surface area contributed by atoms with E-state index in [1.54, 1.807) is 0 Å². The molecule has 46 heavy (non-hydrogen) atoms. The first kappa shape index (κ1) is 36.9. The number of fused-ring (bicyclic) bond motifs is 2. The average molecular weight is 706 g/mol. The Morgan fingerprint density at radius 3 is 1.15 bits per heavy atom. The monoisotopic (exact) mass is 706 g/mol. The first-order chi connectivity index (χ1) is 20.1. The van der Waals surface area contributed by atoms with Gasteiger partial charge in [0.1, 0.15) is 0 Å². The van der Waals surface area contributed by atoms with E-state index in [-0.39, 0.29) is 12.1 Å². The molecule has 258 valence electrons. The third-order valence-electron chi connectivity index (χ3n) is 6.95. The summed E-state index contributed by atoms with van der Waals surface area (Å²) in [6.07, 6.45) is -42.0. The quantitative estimate of drug-likeness (QED) is 0.114. The molecule has 0 bridgehead atoms. The molecule has 0 aliphatic carbocycles. The predicted octanol–water partition coefficient (Wildman–Crippen LogP) is 7.09. The number of hydrogen-bond donors (Lipinski definition) is 5. The Labute approximate surface area is 240 Å². The molecule has 0 amide bonds. The molecular formula is C23H12F18N2O3. The molecule has 0 spiro atoms. The van der Waals surface area contributed by atoms with Crippen LogP contribution in [0.4, 0.5) is 90.4 Å². The van der Waals surface area contributed by atoms with Gasteiger partial charge in [0, 0.05) is 33.5 Å². The highest BCUT2D eigenvalue weighted by Gasteiger charge is 2.75. The molecule has 0 aliphatic heterocycles. The van der Waals surface area contributed by atoms with Crippen LogP contribution in [-0.2, 0) is 16.8 Å². The summed E-state index contributed by atoms with van der Waals surface area (Å²) in [6, 6.07) is -1.49. The lowest BCUT2D eigenvalue weighted by atomic mass is 9.79. The number of benzene rings is 3. The smallest absolute Gasteiger partial charge is 0.398 e. The van der Waals surface area contributed by atoms with Crippen molar-refractivity contribution >= 4 is 32.9 Å². The summed E-state index contributed by atoms with van der Waals surface area (Å²) in [6.45, 7) is 0. The molecule has 0 heterocycles. The van der Waals surface area contributed by atoms with Crippen molar-refractivity contribution in [2.45, 2.75) is 53.9 Å². The number of hydrogen-bond acceptors (Lipinski definition) is 5. The number of nitrogen functional groups attached to an aromatic ring is 2. The van der Waals surface area contributed by atoms with E-state index in [9.17, 15) is 94.3 Å². The van der Waals surface area contributed by atoms with Crippen LogP contribution in [0.3, 0.4) is 0 Å². The lowest BCUT2D eigenvalue weighted by Gasteiger charge is -2.37. The van der Waals surface area contributed by atoms with Gasteiger partial charge in [0.2, 0.25) is 0 Å². The van der Waals surface area contributed by atoms with Crippen molar-refractivity contribution < 1.29 is 94.3 Å². The Hall–Kier alpha value is -3.60. The summed E-state index contributed by atoms with van der Waals surface area (Å²) < 4.78 is 248. The van der Waals surface area contributed by atoms with E-state index in [0.717, 1.165) is 0 Å². The molecule has 0 saturated carbocycles. The van der Waals surface area contributed by atoms with Gasteiger partial charge < -0.3 is 26.8 Å². The maximum absolute atomic E-state index is 13.9. The molecule has 0 aliphatic rings. The minimum Gasteiger partial charge on any atom is -0.398 e. The summed E-state index contributed by atoms with van der Waals surface area (Å²) in [4.78, 5) is 0. The minimum atomic E-state index is -7.16. The topological polar surface area (TPSA) is 113 Å². The van der Waals surface area contributed by atoms with E-state index in [1.165, 1.54) is 0 Å². The molecule has 0 unspecified atom stereocenters. The zero-order valence-corrected chi connectivity index (χ0v) is 21.2. The van der Waals surface area contributed by atoms with E-state index in [4.69, 9.17) is 11.5 Å². The maximum atomic E-state index is 13.9. The van der Waals surface area contributed by atoms with Crippen molar-refractivity contribution in [1.82, 2.24) is 0 Å². The highest BCUT2D eigenvalue weighted by molar-refractivity contribution is 6.08. The maximum Gasteiger partial charge on any atom is 0.430 e. The van der Waals surface area contributed by atoms with Gasteiger partial charge in [-0.3, -0.25) is 0 Å². The Balaban J connectivity index is 2.85. The molecule has 5 nitrogen and oxygen atoms in total. The second-order valence-corrected chi connectivity index (χ2v) is 9.65. The molecule has 0 fully saturated rings. The summed E-state index contributed by atoms with van der Waals surface area (Å²) >= 11 is 0. The summed E-state index contributed by atoms with van der Waals surface area (Å²) in [5.74, 6) is 0. The summed E-state index contributed by atoms with van der Waals surface area (Å²) in [5.41, 5.74) is -20.9. The van der Waals surface area contributed by atoms with Gasteiger partial charge in [-0.2, -0.15) is 79.0 Å². The SMILES string of the molecule is Nc1ccc2cc3c(N)c(C(O)(C(F)(F)F)C(F)(F)F)cc(C(O)(C(F)(F)F)C(F)(F)F)c3cc2c1C(O)(C(F)(F)F)C(F)(F)F. The van der Waals surface area contributed by atoms with E-state index in [0.29, 0.717) is 6.07 Å². The third-order valence-corrected chi connectivity index (χ3v) is 6.95. The molecule has 23 heteroatoms. The minimum absolute atomic E-state index is 0.149. The highest BCUT2D eigenvalue weighted by Crippen LogP contribution is 2.58. The van der Waals surface area contributed by atoms with Crippen LogP contribution in [0.1, 0.15) is 16.7 Å². The Morgan fingerprint density at radius 2 is 0.783 bits per heavy atom. The highest BCUT2D eigenvalue weighted by atomic mass is 19.4. The van der Waals surface area contributed by atoms with Crippen molar-refractivity contribution in [3.05, 3.63) is 47.0 Å². The first-order valence-electron chi connectivity index (χ1n) is 11.3. The van der Waals surface area contributed by atoms with Gasteiger partial charge in [-0.1, -0.05) is 6.07 Å². The van der Waals surface area contributed by atoms with Crippen LogP contribution in [0.2, 0.25) is 0 Å². The van der Waals surface area contributed by atoms with E-state index < -0.39 is 116 Å². The van der Waals surface area contributed by atoms with Gasteiger partial charge in [0.05, 0.1) is 0 Å². The Bertz CT molecular complexity index is 1640. The summed E-state index contributed by atoms with van der Waals surface area (Å²) in [7, 11) is 0. The van der Waals surface area contributed by atoms with Crippen molar-refractivity contribution in [3.63, 3.8) is 0 Å². The zero-order chi connectivity index (χ0) is 36.2. The fourth-order valence-corrected chi connectivity index (χ4v) is 4.66. The van der Waals surface area contributed by atoms with Crippen LogP contribution in [0.5, 0.6) is 0 Å². The number of aliphatic hydroxyl groups is 3. The van der Waals surface area contributed by atoms with Crippen molar-refractivity contribution in [2.24, 2.45) is 0 Å². The Kier molecular flexibility index (Phi) is 7.98. The molecule has 7 N–H and O–H groups in total. The number of alkyl halides is 18. The van der Waals surface area contributed by atoms with E-state index in [1.807, 2.05) is 0 Å². The molecule has 0 atom stereocenters. The van der Waals surface area contributed by atoms with Crippen molar-refractivity contribution in [3.8, 4) is 0 Å². The first-order valence-corrected chi connectivity index (χ1v) is 11.3. The number of rotatable bonds is 3. The van der Waals surface area contributed by atoms with Gasteiger partial charge in [0.15, 0.2) is 0 Å². The van der Waals surface area contributed by atoms with Crippen LogP contribution >= 0.6 is 0 Å². The zero-order valence-electron chi connectivity index (χ0n) is 21.2. The molecule has 0 radical (unpaired) electrons. The number of halogens is 18. The van der Waals surface area contributed by atoms with Gasteiger partial charge in [-0.05, 0) is 40.4 Å². The van der Waals surface area contributed by atoms with Gasteiger partial charge in [-0.25, -0.2) is 0 Å². The molecular weight excluding hydrogens is 694 g/mol. The van der Waals surface area contributed by atoms with Crippen LogP contribution in [0, 0.1) is 0 Å². The second kappa shape index (κ2) is 9.95. The summed E-state index contributed by atoms with van der Waals surface area (Å²) in [5, 5.41) is 22.7. The molecule has 0 aromatic heterocycles.